The summed E-state index contributed by atoms with van der Waals surface area (Å²) < 4.78 is 48.4. The average Bonchev–Trinajstić information content (AvgIpc) is 2.43. The van der Waals surface area contributed by atoms with Crippen LogP contribution in [0.2, 0.25) is 0 Å². The van der Waals surface area contributed by atoms with E-state index in [1.54, 1.807) is 6.92 Å². The Labute approximate surface area is 122 Å². The molecule has 1 aromatic rings. The van der Waals surface area contributed by atoms with Crippen molar-refractivity contribution in [1.29, 1.82) is 0 Å². The summed E-state index contributed by atoms with van der Waals surface area (Å²) in [6.45, 7) is 4.58. The van der Waals surface area contributed by atoms with Gasteiger partial charge in [0.2, 0.25) is 0 Å². The highest BCUT2D eigenvalue weighted by molar-refractivity contribution is 5.43. The van der Waals surface area contributed by atoms with Crippen LogP contribution >= 0.6 is 0 Å². The van der Waals surface area contributed by atoms with Crippen molar-refractivity contribution in [3.63, 3.8) is 0 Å². The van der Waals surface area contributed by atoms with Crippen LogP contribution < -0.4 is 9.47 Å². The number of benzene rings is 1. The highest BCUT2D eigenvalue weighted by Crippen LogP contribution is 2.37. The van der Waals surface area contributed by atoms with Gasteiger partial charge in [-0.2, -0.15) is 13.2 Å². The fraction of sp³-hybridized carbons (Fsp3) is 0.600. The van der Waals surface area contributed by atoms with Crippen LogP contribution in [0.3, 0.4) is 0 Å². The molecule has 1 atom stereocenters. The Bertz CT molecular complexity index is 433. The first kappa shape index (κ1) is 17.6. The Hall–Kier alpha value is -1.43. The number of unbranched alkanes of at least 4 members (excludes halogenated alkanes) is 2. The molecule has 0 heterocycles. The van der Waals surface area contributed by atoms with Crippen LogP contribution in [-0.2, 0) is 0 Å². The summed E-state index contributed by atoms with van der Waals surface area (Å²) in [6.07, 6.45) is -4.28. The third-order valence-electron chi connectivity index (χ3n) is 2.90. The predicted molar refractivity (Wildman–Crippen MR) is 73.6 cm³/mol. The maximum atomic E-state index is 12.5. The third-order valence-corrected chi connectivity index (χ3v) is 2.90. The molecule has 0 saturated heterocycles. The van der Waals surface area contributed by atoms with E-state index in [0.29, 0.717) is 19.0 Å². The van der Waals surface area contributed by atoms with Crippen molar-refractivity contribution in [1.82, 2.24) is 0 Å². The Balaban J connectivity index is 2.86. The average molecular weight is 306 g/mol. The smallest absolute Gasteiger partial charge is 0.418 e. The molecule has 0 radical (unpaired) electrons. The van der Waals surface area contributed by atoms with Crippen LogP contribution in [0.25, 0.3) is 0 Å². The first-order valence-corrected chi connectivity index (χ1v) is 7.04. The SMILES string of the molecule is CCCCCOc1ccc(C(O)C(F)(F)F)cc1OCC. The zero-order valence-electron chi connectivity index (χ0n) is 12.2. The Morgan fingerprint density at radius 1 is 1.10 bits per heavy atom. The van der Waals surface area contributed by atoms with E-state index in [4.69, 9.17) is 9.47 Å². The Morgan fingerprint density at radius 2 is 1.81 bits per heavy atom. The van der Waals surface area contributed by atoms with Crippen molar-refractivity contribution in [3.05, 3.63) is 23.8 Å². The molecule has 0 fully saturated rings. The topological polar surface area (TPSA) is 38.7 Å². The minimum Gasteiger partial charge on any atom is -0.490 e. The number of ether oxygens (including phenoxy) is 2. The van der Waals surface area contributed by atoms with Gasteiger partial charge in [0.05, 0.1) is 13.2 Å². The number of hydrogen-bond acceptors (Lipinski definition) is 3. The summed E-state index contributed by atoms with van der Waals surface area (Å²) in [4.78, 5) is 0. The molecular formula is C15H21F3O3. The normalized spacial score (nSPS) is 13.0. The van der Waals surface area contributed by atoms with Gasteiger partial charge in [-0.3, -0.25) is 0 Å². The van der Waals surface area contributed by atoms with Crippen LogP contribution in [0.4, 0.5) is 13.2 Å². The van der Waals surface area contributed by atoms with E-state index in [1.807, 2.05) is 0 Å². The van der Waals surface area contributed by atoms with Gasteiger partial charge in [0, 0.05) is 0 Å². The van der Waals surface area contributed by atoms with E-state index in [1.165, 1.54) is 18.2 Å². The summed E-state index contributed by atoms with van der Waals surface area (Å²) in [6, 6.07) is 3.79. The second kappa shape index (κ2) is 8.12. The fourth-order valence-electron chi connectivity index (χ4n) is 1.81. The van der Waals surface area contributed by atoms with Gasteiger partial charge in [-0.1, -0.05) is 25.8 Å². The second-order valence-corrected chi connectivity index (χ2v) is 4.64. The molecule has 0 aromatic heterocycles. The third kappa shape index (κ3) is 5.46. The highest BCUT2D eigenvalue weighted by Gasteiger charge is 2.39. The minimum atomic E-state index is -4.70. The molecule has 1 rings (SSSR count). The molecule has 0 bridgehead atoms. The zero-order chi connectivity index (χ0) is 15.9. The highest BCUT2D eigenvalue weighted by atomic mass is 19.4. The monoisotopic (exact) mass is 306 g/mol. The van der Waals surface area contributed by atoms with E-state index in [-0.39, 0.29) is 11.3 Å². The van der Waals surface area contributed by atoms with E-state index < -0.39 is 12.3 Å². The summed E-state index contributed by atoms with van der Waals surface area (Å²) in [5, 5.41) is 9.27. The molecule has 3 nitrogen and oxygen atoms in total. The standard InChI is InChI=1S/C15H21F3O3/c1-3-5-6-9-21-12-8-7-11(10-13(12)20-4-2)14(19)15(16,17)18/h7-8,10,14,19H,3-6,9H2,1-2H3. The van der Waals surface area contributed by atoms with Crippen molar-refractivity contribution >= 4 is 0 Å². The lowest BCUT2D eigenvalue weighted by atomic mass is 10.1. The molecule has 1 unspecified atom stereocenters. The van der Waals surface area contributed by atoms with Crippen LogP contribution in [0.1, 0.15) is 44.8 Å². The van der Waals surface area contributed by atoms with Gasteiger partial charge in [-0.15, -0.1) is 0 Å². The maximum Gasteiger partial charge on any atom is 0.418 e. The van der Waals surface area contributed by atoms with Crippen LogP contribution in [0.5, 0.6) is 11.5 Å². The van der Waals surface area contributed by atoms with E-state index in [0.717, 1.165) is 19.3 Å². The molecule has 1 N–H and O–H groups in total. The van der Waals surface area contributed by atoms with E-state index in [2.05, 4.69) is 6.92 Å². The van der Waals surface area contributed by atoms with Crippen LogP contribution in [-0.4, -0.2) is 24.5 Å². The first-order valence-electron chi connectivity index (χ1n) is 7.04. The molecule has 0 amide bonds. The lowest BCUT2D eigenvalue weighted by Gasteiger charge is -2.18. The maximum absolute atomic E-state index is 12.5. The van der Waals surface area contributed by atoms with E-state index in [9.17, 15) is 18.3 Å². The quantitative estimate of drug-likeness (QED) is 0.730. The van der Waals surface area contributed by atoms with Gasteiger partial charge in [-0.25, -0.2) is 0 Å². The molecule has 0 spiro atoms. The van der Waals surface area contributed by atoms with Crippen molar-refractivity contribution in [2.24, 2.45) is 0 Å². The first-order chi connectivity index (χ1) is 9.90. The molecular weight excluding hydrogens is 285 g/mol. The summed E-state index contributed by atoms with van der Waals surface area (Å²) >= 11 is 0. The van der Waals surface area contributed by atoms with Gasteiger partial charge >= 0.3 is 6.18 Å². The Morgan fingerprint density at radius 3 is 2.38 bits per heavy atom. The van der Waals surface area contributed by atoms with Crippen LogP contribution in [0, 0.1) is 0 Å². The number of hydrogen-bond donors (Lipinski definition) is 1. The lowest BCUT2D eigenvalue weighted by molar-refractivity contribution is -0.206. The van der Waals surface area contributed by atoms with Gasteiger partial charge in [0.15, 0.2) is 17.6 Å². The lowest BCUT2D eigenvalue weighted by Crippen LogP contribution is -2.20. The second-order valence-electron chi connectivity index (χ2n) is 4.64. The number of alkyl halides is 3. The molecule has 0 aliphatic rings. The summed E-state index contributed by atoms with van der Waals surface area (Å²) in [5.74, 6) is 0.612. The Kier molecular flexibility index (Phi) is 6.81. The van der Waals surface area contributed by atoms with Crippen molar-refractivity contribution in [3.8, 4) is 11.5 Å². The largest absolute Gasteiger partial charge is 0.490 e. The van der Waals surface area contributed by atoms with Crippen molar-refractivity contribution < 1.29 is 27.8 Å². The van der Waals surface area contributed by atoms with E-state index >= 15 is 0 Å². The van der Waals surface area contributed by atoms with Gasteiger partial charge < -0.3 is 14.6 Å². The predicted octanol–water partition coefficient (Wildman–Crippen LogP) is 4.25. The molecule has 0 saturated carbocycles. The van der Waals surface area contributed by atoms with Crippen molar-refractivity contribution in [2.75, 3.05) is 13.2 Å². The number of aliphatic hydroxyl groups excluding tert-OH is 1. The molecule has 120 valence electrons. The number of aliphatic hydroxyl groups is 1. The molecule has 0 aliphatic heterocycles. The summed E-state index contributed by atoms with van der Waals surface area (Å²) in [7, 11) is 0. The number of rotatable bonds is 8. The minimum absolute atomic E-state index is 0.217. The van der Waals surface area contributed by atoms with Crippen molar-refractivity contribution in [2.45, 2.75) is 45.4 Å². The van der Waals surface area contributed by atoms with Gasteiger partial charge in [-0.05, 0) is 31.0 Å². The molecule has 21 heavy (non-hydrogen) atoms. The van der Waals surface area contributed by atoms with Gasteiger partial charge in [0.1, 0.15) is 0 Å². The molecule has 6 heteroatoms. The fourth-order valence-corrected chi connectivity index (χ4v) is 1.81. The zero-order valence-corrected chi connectivity index (χ0v) is 12.2. The molecule has 0 aliphatic carbocycles. The van der Waals surface area contributed by atoms with Crippen LogP contribution in [0.15, 0.2) is 18.2 Å². The summed E-state index contributed by atoms with van der Waals surface area (Å²) in [5.41, 5.74) is -0.258. The molecule has 1 aromatic carbocycles. The number of halogens is 3. The van der Waals surface area contributed by atoms with Gasteiger partial charge in [0.25, 0.3) is 0 Å².